The van der Waals surface area contributed by atoms with Crippen molar-refractivity contribution in [2.45, 2.75) is 12.7 Å². The normalized spacial score (nSPS) is 10.8. The summed E-state index contributed by atoms with van der Waals surface area (Å²) in [5.41, 5.74) is 1.13. The number of rotatable bonds is 6. The lowest BCUT2D eigenvalue weighted by atomic mass is 10.2. The van der Waals surface area contributed by atoms with Crippen molar-refractivity contribution in [3.8, 4) is 5.75 Å². The maximum Gasteiger partial charge on any atom is 0.411 e. The Balaban J connectivity index is 1.98. The first kappa shape index (κ1) is 16.8. The smallest absolute Gasteiger partial charge is 0.411 e. The summed E-state index contributed by atoms with van der Waals surface area (Å²) in [6.07, 6.45) is -0.571. The predicted molar refractivity (Wildman–Crippen MR) is 86.8 cm³/mol. The van der Waals surface area contributed by atoms with Crippen molar-refractivity contribution in [2.24, 2.45) is 0 Å². The van der Waals surface area contributed by atoms with Crippen LogP contribution in [0.1, 0.15) is 12.5 Å². The highest BCUT2D eigenvalue weighted by atomic mass is 32.2. The van der Waals surface area contributed by atoms with Crippen molar-refractivity contribution in [3.05, 3.63) is 60.2 Å². The van der Waals surface area contributed by atoms with Gasteiger partial charge in [-0.05, 0) is 36.8 Å². The molecule has 0 unspecified atom stereocenters. The second-order valence-electron chi connectivity index (χ2n) is 4.64. The Morgan fingerprint density at radius 2 is 1.70 bits per heavy atom. The van der Waals surface area contributed by atoms with Gasteiger partial charge in [-0.15, -0.1) is 0 Å². The number of ether oxygens (including phenoxy) is 1. The van der Waals surface area contributed by atoms with E-state index in [1.807, 2.05) is 6.07 Å². The Kier molecular flexibility index (Phi) is 5.59. The van der Waals surface area contributed by atoms with E-state index < -0.39 is 16.2 Å². The van der Waals surface area contributed by atoms with Crippen molar-refractivity contribution in [1.29, 1.82) is 0 Å². The number of hydrogen-bond donors (Lipinski definition) is 1. The monoisotopic (exact) mass is 335 g/mol. The number of amides is 1. The predicted octanol–water partition coefficient (Wildman–Crippen LogP) is 3.16. The molecule has 0 aromatic heterocycles. The van der Waals surface area contributed by atoms with E-state index in [1.165, 1.54) is 24.3 Å². The van der Waals surface area contributed by atoms with Crippen molar-refractivity contribution >= 4 is 21.9 Å². The van der Waals surface area contributed by atoms with Crippen LogP contribution in [0, 0.1) is 0 Å². The molecular formula is C16H17NO5S. The van der Waals surface area contributed by atoms with Crippen LogP contribution in [0.5, 0.6) is 5.75 Å². The van der Waals surface area contributed by atoms with Crippen LogP contribution >= 0.6 is 0 Å². The summed E-state index contributed by atoms with van der Waals surface area (Å²) in [4.78, 5) is 11.3. The Hall–Kier alpha value is -2.54. The van der Waals surface area contributed by atoms with Crippen LogP contribution in [-0.2, 0) is 20.6 Å². The van der Waals surface area contributed by atoms with Crippen LogP contribution in [0.15, 0.2) is 54.6 Å². The molecule has 2 aromatic rings. The number of nitrogens with one attached hydrogen (secondary N) is 1. The van der Waals surface area contributed by atoms with E-state index >= 15 is 0 Å². The standard InChI is InChI=1S/C16H17NO5S/c1-2-21-16(18)17-14-8-10-15(11-9-14)22-23(19,20)12-13-6-4-3-5-7-13/h3-11H,2,12H2,1H3,(H,17,18). The second-order valence-corrected chi connectivity index (χ2v) is 6.21. The van der Waals surface area contributed by atoms with E-state index in [4.69, 9.17) is 8.92 Å². The average Bonchev–Trinajstić information content (AvgIpc) is 2.50. The van der Waals surface area contributed by atoms with Gasteiger partial charge in [0.15, 0.2) is 0 Å². The van der Waals surface area contributed by atoms with Crippen molar-refractivity contribution in [1.82, 2.24) is 0 Å². The molecule has 0 radical (unpaired) electrons. The zero-order chi connectivity index (χ0) is 16.7. The molecule has 23 heavy (non-hydrogen) atoms. The van der Waals surface area contributed by atoms with Gasteiger partial charge in [-0.2, -0.15) is 8.42 Å². The third-order valence-corrected chi connectivity index (χ3v) is 3.92. The molecule has 1 N–H and O–H groups in total. The summed E-state index contributed by atoms with van der Waals surface area (Å²) in [5.74, 6) is -0.0354. The lowest BCUT2D eigenvalue weighted by molar-refractivity contribution is 0.168. The van der Waals surface area contributed by atoms with Crippen LogP contribution in [0.3, 0.4) is 0 Å². The van der Waals surface area contributed by atoms with E-state index in [2.05, 4.69) is 5.32 Å². The molecule has 122 valence electrons. The summed E-state index contributed by atoms with van der Waals surface area (Å²) >= 11 is 0. The maximum atomic E-state index is 12.0. The molecule has 0 fully saturated rings. The molecule has 2 rings (SSSR count). The molecule has 0 saturated heterocycles. The third kappa shape index (κ3) is 5.63. The topological polar surface area (TPSA) is 81.7 Å². The fourth-order valence-corrected chi connectivity index (χ4v) is 2.90. The first-order valence-corrected chi connectivity index (χ1v) is 8.56. The lowest BCUT2D eigenvalue weighted by Gasteiger charge is -2.08. The first-order chi connectivity index (χ1) is 11.0. The average molecular weight is 335 g/mol. The summed E-state index contributed by atoms with van der Waals surface area (Å²) < 4.78 is 33.8. The Morgan fingerprint density at radius 3 is 2.30 bits per heavy atom. The number of hydrogen-bond acceptors (Lipinski definition) is 5. The molecule has 0 saturated carbocycles. The first-order valence-electron chi connectivity index (χ1n) is 6.98. The minimum atomic E-state index is -3.74. The van der Waals surface area contributed by atoms with Crippen LogP contribution in [0.25, 0.3) is 0 Å². The highest BCUT2D eigenvalue weighted by Gasteiger charge is 2.14. The van der Waals surface area contributed by atoms with Gasteiger partial charge >= 0.3 is 16.2 Å². The molecule has 6 nitrogen and oxygen atoms in total. The molecule has 0 spiro atoms. The molecule has 1 amide bonds. The molecule has 2 aromatic carbocycles. The van der Waals surface area contributed by atoms with Gasteiger partial charge in [0.05, 0.1) is 6.61 Å². The maximum absolute atomic E-state index is 12.0. The summed E-state index contributed by atoms with van der Waals surface area (Å²) in [5, 5.41) is 2.51. The molecule has 0 atom stereocenters. The third-order valence-electron chi connectivity index (χ3n) is 2.79. The van der Waals surface area contributed by atoms with Crippen LogP contribution in [0.2, 0.25) is 0 Å². The fraction of sp³-hybridized carbons (Fsp3) is 0.188. The van der Waals surface area contributed by atoms with Gasteiger partial charge in [-0.1, -0.05) is 30.3 Å². The minimum absolute atomic E-state index is 0.176. The second kappa shape index (κ2) is 7.64. The minimum Gasteiger partial charge on any atom is -0.450 e. The summed E-state index contributed by atoms with van der Waals surface area (Å²) in [6, 6.07) is 14.8. The van der Waals surface area contributed by atoms with Gasteiger partial charge in [0, 0.05) is 5.69 Å². The lowest BCUT2D eigenvalue weighted by Crippen LogP contribution is -2.14. The van der Waals surface area contributed by atoms with Crippen LogP contribution in [-0.4, -0.2) is 21.1 Å². The van der Waals surface area contributed by atoms with Crippen molar-refractivity contribution in [3.63, 3.8) is 0 Å². The van der Waals surface area contributed by atoms with Crippen LogP contribution in [0.4, 0.5) is 10.5 Å². The molecule has 0 aliphatic rings. The molecule has 0 heterocycles. The largest absolute Gasteiger partial charge is 0.450 e. The fourth-order valence-electron chi connectivity index (χ4n) is 1.83. The zero-order valence-electron chi connectivity index (χ0n) is 12.6. The van der Waals surface area contributed by atoms with Gasteiger partial charge in [0.1, 0.15) is 11.5 Å². The number of carbonyl (C=O) groups excluding carboxylic acids is 1. The summed E-state index contributed by atoms with van der Waals surface area (Å²) in [6.45, 7) is 1.97. The van der Waals surface area contributed by atoms with Gasteiger partial charge in [-0.3, -0.25) is 5.32 Å². The van der Waals surface area contributed by atoms with Crippen molar-refractivity contribution in [2.75, 3.05) is 11.9 Å². The molecule has 0 bridgehead atoms. The Morgan fingerprint density at radius 1 is 1.04 bits per heavy atom. The zero-order valence-corrected chi connectivity index (χ0v) is 13.4. The van der Waals surface area contributed by atoms with Gasteiger partial charge < -0.3 is 8.92 Å². The number of benzene rings is 2. The SMILES string of the molecule is CCOC(=O)Nc1ccc(OS(=O)(=O)Cc2ccccc2)cc1. The van der Waals surface area contributed by atoms with Gasteiger partial charge in [-0.25, -0.2) is 4.79 Å². The number of carbonyl (C=O) groups is 1. The highest BCUT2D eigenvalue weighted by molar-refractivity contribution is 7.86. The van der Waals surface area contributed by atoms with E-state index in [0.29, 0.717) is 11.3 Å². The summed E-state index contributed by atoms with van der Waals surface area (Å²) in [7, 11) is -3.74. The van der Waals surface area contributed by atoms with Gasteiger partial charge in [0.25, 0.3) is 0 Å². The van der Waals surface area contributed by atoms with Crippen molar-refractivity contribution < 1.29 is 22.1 Å². The quantitative estimate of drug-likeness (QED) is 0.820. The Bertz CT molecular complexity index is 742. The molecule has 7 heteroatoms. The number of anilines is 1. The molecule has 0 aliphatic heterocycles. The molecule has 0 aliphatic carbocycles. The van der Waals surface area contributed by atoms with E-state index in [0.717, 1.165) is 0 Å². The Labute approximate surface area is 135 Å². The van der Waals surface area contributed by atoms with E-state index in [9.17, 15) is 13.2 Å². The van der Waals surface area contributed by atoms with Crippen LogP contribution < -0.4 is 9.50 Å². The van der Waals surface area contributed by atoms with Gasteiger partial charge in [0.2, 0.25) is 0 Å². The molecular weight excluding hydrogens is 318 g/mol. The van der Waals surface area contributed by atoms with E-state index in [-0.39, 0.29) is 18.1 Å². The highest BCUT2D eigenvalue weighted by Crippen LogP contribution is 2.19. The van der Waals surface area contributed by atoms with E-state index in [1.54, 1.807) is 31.2 Å².